The van der Waals surface area contributed by atoms with E-state index in [9.17, 15) is 8.78 Å². The normalized spacial score (nSPS) is 12.6. The van der Waals surface area contributed by atoms with Gasteiger partial charge in [0.1, 0.15) is 11.6 Å². The van der Waals surface area contributed by atoms with Crippen molar-refractivity contribution < 1.29 is 13.2 Å². The zero-order valence-corrected chi connectivity index (χ0v) is 11.0. The van der Waals surface area contributed by atoms with Gasteiger partial charge in [-0.3, -0.25) is 0 Å². The zero-order valence-electron chi connectivity index (χ0n) is 11.0. The lowest BCUT2D eigenvalue weighted by molar-refractivity contribution is 0.520. The third-order valence-corrected chi connectivity index (χ3v) is 3.06. The maximum atomic E-state index is 14.0. The Morgan fingerprint density at radius 3 is 2.68 bits per heavy atom. The summed E-state index contributed by atoms with van der Waals surface area (Å²) in [6.45, 7) is 4.40. The van der Waals surface area contributed by atoms with Crippen LogP contribution in [0.1, 0.15) is 36.1 Å². The lowest BCUT2D eigenvalue weighted by Gasteiger charge is -2.19. The molecule has 102 valence electrons. The van der Waals surface area contributed by atoms with Gasteiger partial charge in [0.05, 0.1) is 18.6 Å². The molecular weight excluding hydrogens is 248 g/mol. The Morgan fingerprint density at radius 2 is 2.05 bits per heavy atom. The second kappa shape index (κ2) is 5.97. The van der Waals surface area contributed by atoms with Gasteiger partial charge in [-0.2, -0.15) is 0 Å². The molecule has 0 bridgehead atoms. The Hall–Kier alpha value is -1.68. The number of hydrogen-bond donors (Lipinski definition) is 1. The molecule has 1 aromatic heterocycles. The molecule has 0 saturated heterocycles. The van der Waals surface area contributed by atoms with Crippen LogP contribution in [0.25, 0.3) is 0 Å². The van der Waals surface area contributed by atoms with Crippen molar-refractivity contribution in [3.8, 4) is 0 Å². The average Bonchev–Trinajstić information content (AvgIpc) is 2.89. The van der Waals surface area contributed by atoms with Crippen molar-refractivity contribution in [1.29, 1.82) is 0 Å². The number of benzene rings is 1. The molecule has 4 heteroatoms. The minimum atomic E-state index is -0.544. The average molecular weight is 265 g/mol. The highest BCUT2D eigenvalue weighted by molar-refractivity contribution is 5.34. The molecule has 2 nitrogen and oxygen atoms in total. The summed E-state index contributed by atoms with van der Waals surface area (Å²) in [6, 6.07) is 3.94. The third-order valence-electron chi connectivity index (χ3n) is 3.06. The van der Waals surface area contributed by atoms with Crippen LogP contribution in [0.3, 0.4) is 0 Å². The fourth-order valence-electron chi connectivity index (χ4n) is 2.04. The first-order valence-corrected chi connectivity index (χ1v) is 6.34. The van der Waals surface area contributed by atoms with Crippen molar-refractivity contribution in [2.45, 2.75) is 26.3 Å². The van der Waals surface area contributed by atoms with Crippen LogP contribution in [-0.2, 0) is 0 Å². The molecule has 0 aliphatic rings. The van der Waals surface area contributed by atoms with E-state index < -0.39 is 11.6 Å². The van der Waals surface area contributed by atoms with Crippen molar-refractivity contribution in [2.75, 3.05) is 6.54 Å². The van der Waals surface area contributed by atoms with Gasteiger partial charge >= 0.3 is 0 Å². The molecule has 0 saturated carbocycles. The Bertz CT molecular complexity index is 537. The van der Waals surface area contributed by atoms with Gasteiger partial charge in [-0.1, -0.05) is 6.92 Å². The predicted molar refractivity (Wildman–Crippen MR) is 69.9 cm³/mol. The van der Waals surface area contributed by atoms with Crippen LogP contribution in [0.2, 0.25) is 0 Å². The van der Waals surface area contributed by atoms with E-state index in [1.54, 1.807) is 31.6 Å². The van der Waals surface area contributed by atoms with E-state index in [0.29, 0.717) is 11.1 Å². The van der Waals surface area contributed by atoms with E-state index in [-0.39, 0.29) is 6.04 Å². The standard InChI is InChI=1S/C15H17F2NO/c1-3-5-18-15(11-4-6-19-9-11)12-7-10(2)13(16)8-14(12)17/h4,6-9,15,18H,3,5H2,1-2H3. The first-order valence-electron chi connectivity index (χ1n) is 6.34. The minimum absolute atomic E-state index is 0.321. The monoisotopic (exact) mass is 265 g/mol. The smallest absolute Gasteiger partial charge is 0.131 e. The van der Waals surface area contributed by atoms with Crippen LogP contribution in [0.15, 0.2) is 35.1 Å². The molecule has 0 radical (unpaired) electrons. The van der Waals surface area contributed by atoms with Gasteiger partial charge in [-0.05, 0) is 37.6 Å². The minimum Gasteiger partial charge on any atom is -0.472 e. The van der Waals surface area contributed by atoms with E-state index in [2.05, 4.69) is 5.32 Å². The summed E-state index contributed by atoms with van der Waals surface area (Å²) in [5.74, 6) is -1.07. The quantitative estimate of drug-likeness (QED) is 0.885. The molecule has 1 N–H and O–H groups in total. The molecule has 0 aliphatic heterocycles. The highest BCUT2D eigenvalue weighted by Crippen LogP contribution is 2.27. The highest BCUT2D eigenvalue weighted by atomic mass is 19.1. The number of hydrogen-bond acceptors (Lipinski definition) is 2. The zero-order chi connectivity index (χ0) is 13.8. The van der Waals surface area contributed by atoms with Gasteiger partial charge in [-0.15, -0.1) is 0 Å². The molecule has 2 rings (SSSR count). The third kappa shape index (κ3) is 3.01. The first-order chi connectivity index (χ1) is 9.13. The van der Waals surface area contributed by atoms with Gasteiger partial charge in [0.25, 0.3) is 0 Å². The Kier molecular flexibility index (Phi) is 4.32. The summed E-state index contributed by atoms with van der Waals surface area (Å²) in [5.41, 5.74) is 1.70. The highest BCUT2D eigenvalue weighted by Gasteiger charge is 2.19. The Labute approximate surface area is 111 Å². The molecular formula is C15H17F2NO. The topological polar surface area (TPSA) is 25.2 Å². The molecule has 1 heterocycles. The summed E-state index contributed by atoms with van der Waals surface area (Å²) >= 11 is 0. The molecule has 1 aromatic carbocycles. The van der Waals surface area contributed by atoms with Gasteiger partial charge in [0, 0.05) is 17.2 Å². The molecule has 0 aliphatic carbocycles. The largest absolute Gasteiger partial charge is 0.472 e. The molecule has 0 spiro atoms. The van der Waals surface area contributed by atoms with Crippen LogP contribution in [0.5, 0.6) is 0 Å². The number of aryl methyl sites for hydroxylation is 1. The molecule has 0 fully saturated rings. The summed E-state index contributed by atoms with van der Waals surface area (Å²) in [5, 5.41) is 3.25. The Morgan fingerprint density at radius 1 is 1.26 bits per heavy atom. The van der Waals surface area contributed by atoms with Crippen LogP contribution < -0.4 is 5.32 Å². The van der Waals surface area contributed by atoms with Gasteiger partial charge in [-0.25, -0.2) is 8.78 Å². The van der Waals surface area contributed by atoms with Crippen molar-refractivity contribution in [3.63, 3.8) is 0 Å². The molecule has 2 aromatic rings. The lowest BCUT2D eigenvalue weighted by atomic mass is 9.98. The predicted octanol–water partition coefficient (Wildman–Crippen LogP) is 3.96. The number of furan rings is 1. The van der Waals surface area contributed by atoms with Crippen LogP contribution in [0, 0.1) is 18.6 Å². The van der Waals surface area contributed by atoms with E-state index in [1.807, 2.05) is 6.92 Å². The van der Waals surface area contributed by atoms with Crippen molar-refractivity contribution in [3.05, 3.63) is 59.1 Å². The van der Waals surface area contributed by atoms with Gasteiger partial charge in [0.2, 0.25) is 0 Å². The number of nitrogens with one attached hydrogen (secondary N) is 1. The van der Waals surface area contributed by atoms with Crippen molar-refractivity contribution in [1.82, 2.24) is 5.32 Å². The van der Waals surface area contributed by atoms with Crippen molar-refractivity contribution in [2.24, 2.45) is 0 Å². The fraction of sp³-hybridized carbons (Fsp3) is 0.333. The van der Waals surface area contributed by atoms with E-state index in [0.717, 1.165) is 24.6 Å². The SMILES string of the molecule is CCCNC(c1ccoc1)c1cc(C)c(F)cc1F. The number of halogens is 2. The van der Waals surface area contributed by atoms with Gasteiger partial charge in [0.15, 0.2) is 0 Å². The molecule has 1 unspecified atom stereocenters. The number of rotatable bonds is 5. The summed E-state index contributed by atoms with van der Waals surface area (Å²) in [4.78, 5) is 0. The maximum Gasteiger partial charge on any atom is 0.131 e. The summed E-state index contributed by atoms with van der Waals surface area (Å²) in [6.07, 6.45) is 4.05. The van der Waals surface area contributed by atoms with Crippen LogP contribution in [0.4, 0.5) is 8.78 Å². The molecule has 1 atom stereocenters. The molecule has 19 heavy (non-hydrogen) atoms. The van der Waals surface area contributed by atoms with Crippen molar-refractivity contribution >= 4 is 0 Å². The van der Waals surface area contributed by atoms with E-state index in [1.165, 1.54) is 0 Å². The second-order valence-electron chi connectivity index (χ2n) is 4.57. The Balaban J connectivity index is 2.40. The lowest BCUT2D eigenvalue weighted by Crippen LogP contribution is -2.24. The summed E-state index contributed by atoms with van der Waals surface area (Å²) < 4.78 is 32.4. The maximum absolute atomic E-state index is 14.0. The summed E-state index contributed by atoms with van der Waals surface area (Å²) in [7, 11) is 0. The first kappa shape index (κ1) is 13.7. The second-order valence-corrected chi connectivity index (χ2v) is 4.57. The van der Waals surface area contributed by atoms with E-state index in [4.69, 9.17) is 4.42 Å². The van der Waals surface area contributed by atoms with Gasteiger partial charge < -0.3 is 9.73 Å². The van der Waals surface area contributed by atoms with Crippen LogP contribution in [-0.4, -0.2) is 6.54 Å². The fourth-order valence-corrected chi connectivity index (χ4v) is 2.04. The molecule has 0 amide bonds. The van der Waals surface area contributed by atoms with E-state index >= 15 is 0 Å². The van der Waals surface area contributed by atoms with Crippen LogP contribution >= 0.6 is 0 Å².